The van der Waals surface area contributed by atoms with Crippen molar-refractivity contribution in [2.24, 2.45) is 0 Å². The Labute approximate surface area is 100 Å². The van der Waals surface area contributed by atoms with E-state index in [0.29, 0.717) is 6.04 Å². The quantitative estimate of drug-likeness (QED) is 0.781. The average Bonchev–Trinajstić information content (AvgIpc) is 2.66. The number of benzene rings is 1. The largest absolute Gasteiger partial charge is 0.427 e. The Morgan fingerprint density at radius 1 is 1.53 bits per heavy atom. The van der Waals surface area contributed by atoms with Crippen LogP contribution in [0.1, 0.15) is 24.4 Å². The van der Waals surface area contributed by atoms with E-state index in [2.05, 4.69) is 45.0 Å². The highest BCUT2D eigenvalue weighted by molar-refractivity contribution is 9.10. The zero-order valence-electron chi connectivity index (χ0n) is 8.95. The second-order valence-corrected chi connectivity index (χ2v) is 4.86. The summed E-state index contributed by atoms with van der Waals surface area (Å²) in [7, 11) is 2.49. The molecule has 1 unspecified atom stereocenters. The van der Waals surface area contributed by atoms with Crippen molar-refractivity contribution in [3.63, 3.8) is 0 Å². The fourth-order valence-corrected chi connectivity index (χ4v) is 2.65. The maximum absolute atomic E-state index is 5.22. The van der Waals surface area contributed by atoms with Crippen LogP contribution >= 0.6 is 15.9 Å². The second kappa shape index (κ2) is 5.15. The smallest absolute Gasteiger partial charge is 0.363 e. The predicted molar refractivity (Wildman–Crippen MR) is 67.0 cm³/mol. The number of hydrogen-bond acceptors (Lipinski definition) is 2. The molecule has 80 valence electrons. The van der Waals surface area contributed by atoms with Crippen molar-refractivity contribution >= 4 is 23.5 Å². The van der Waals surface area contributed by atoms with Crippen molar-refractivity contribution in [3.05, 3.63) is 34.3 Å². The van der Waals surface area contributed by atoms with Gasteiger partial charge >= 0.3 is 7.62 Å². The van der Waals surface area contributed by atoms with Gasteiger partial charge in [-0.2, -0.15) is 0 Å². The number of rotatable bonds is 3. The Morgan fingerprint density at radius 3 is 3.13 bits per heavy atom. The van der Waals surface area contributed by atoms with Gasteiger partial charge in [0, 0.05) is 17.6 Å². The van der Waals surface area contributed by atoms with Crippen LogP contribution in [0.4, 0.5) is 0 Å². The van der Waals surface area contributed by atoms with Crippen molar-refractivity contribution in [1.82, 2.24) is 4.81 Å². The molecular weight excluding hydrogens is 253 g/mol. The Balaban J connectivity index is 2.15. The summed E-state index contributed by atoms with van der Waals surface area (Å²) < 4.78 is 6.38. The van der Waals surface area contributed by atoms with Gasteiger partial charge in [-0.1, -0.05) is 28.1 Å². The molecule has 0 amide bonds. The summed E-state index contributed by atoms with van der Waals surface area (Å²) in [5.41, 5.74) is 1.39. The van der Waals surface area contributed by atoms with Crippen LogP contribution < -0.4 is 0 Å². The summed E-state index contributed by atoms with van der Waals surface area (Å²) in [5.74, 6) is 0. The highest BCUT2D eigenvalue weighted by Gasteiger charge is 2.26. The van der Waals surface area contributed by atoms with Crippen LogP contribution in [-0.4, -0.2) is 26.1 Å². The Morgan fingerprint density at radius 2 is 2.40 bits per heavy atom. The van der Waals surface area contributed by atoms with Crippen molar-refractivity contribution in [3.8, 4) is 0 Å². The van der Waals surface area contributed by atoms with E-state index in [4.69, 9.17) is 4.65 Å². The molecule has 0 aliphatic carbocycles. The summed E-state index contributed by atoms with van der Waals surface area (Å²) in [5, 5.41) is 0. The SMILES string of the molecule is COBN1CCCC1c1cccc(Br)c1. The van der Waals surface area contributed by atoms with Crippen molar-refractivity contribution in [1.29, 1.82) is 0 Å². The van der Waals surface area contributed by atoms with Crippen LogP contribution in [0.5, 0.6) is 0 Å². The molecule has 0 aromatic heterocycles. The van der Waals surface area contributed by atoms with E-state index >= 15 is 0 Å². The van der Waals surface area contributed by atoms with Gasteiger partial charge in [-0.25, -0.2) is 0 Å². The van der Waals surface area contributed by atoms with Gasteiger partial charge in [0.2, 0.25) is 0 Å². The highest BCUT2D eigenvalue weighted by atomic mass is 79.9. The van der Waals surface area contributed by atoms with E-state index in [9.17, 15) is 0 Å². The monoisotopic (exact) mass is 267 g/mol. The Kier molecular flexibility index (Phi) is 3.84. The van der Waals surface area contributed by atoms with E-state index in [1.54, 1.807) is 7.11 Å². The number of hydrogen-bond donors (Lipinski definition) is 0. The molecule has 1 aliphatic rings. The van der Waals surface area contributed by atoms with Gasteiger partial charge in [-0.3, -0.25) is 0 Å². The maximum atomic E-state index is 5.22. The maximum Gasteiger partial charge on any atom is 0.363 e. The van der Waals surface area contributed by atoms with E-state index in [1.165, 1.54) is 18.4 Å². The summed E-state index contributed by atoms with van der Waals surface area (Å²) in [6.45, 7) is 1.14. The zero-order valence-corrected chi connectivity index (χ0v) is 10.5. The van der Waals surface area contributed by atoms with Gasteiger partial charge in [0.1, 0.15) is 0 Å². The third kappa shape index (κ3) is 2.62. The molecular formula is C11H15BBrNO. The first-order valence-corrected chi connectivity index (χ1v) is 6.09. The van der Waals surface area contributed by atoms with Crippen molar-refractivity contribution < 1.29 is 4.65 Å². The van der Waals surface area contributed by atoms with E-state index in [1.807, 2.05) is 0 Å². The molecule has 1 aliphatic heterocycles. The minimum absolute atomic E-state index is 0.530. The minimum atomic E-state index is 0.530. The van der Waals surface area contributed by atoms with Gasteiger partial charge < -0.3 is 9.47 Å². The first-order chi connectivity index (χ1) is 7.31. The lowest BCUT2D eigenvalue weighted by Gasteiger charge is -2.23. The van der Waals surface area contributed by atoms with Crippen LogP contribution in [0.2, 0.25) is 0 Å². The van der Waals surface area contributed by atoms with Gasteiger partial charge in [0.25, 0.3) is 0 Å². The molecule has 0 N–H and O–H groups in total. The normalized spacial score (nSPS) is 21.9. The molecule has 1 fully saturated rings. The lowest BCUT2D eigenvalue weighted by Crippen LogP contribution is -2.28. The molecule has 15 heavy (non-hydrogen) atoms. The topological polar surface area (TPSA) is 12.5 Å². The zero-order chi connectivity index (χ0) is 10.7. The molecule has 2 rings (SSSR count). The Hall–Kier alpha value is -0.315. The van der Waals surface area contributed by atoms with E-state index in [-0.39, 0.29) is 0 Å². The molecule has 1 aromatic rings. The Bertz CT molecular complexity index is 334. The predicted octanol–water partition coefficient (Wildman–Crippen LogP) is 2.50. The summed E-state index contributed by atoms with van der Waals surface area (Å²) in [6, 6.07) is 9.10. The van der Waals surface area contributed by atoms with Gasteiger partial charge in [0.05, 0.1) is 0 Å². The van der Waals surface area contributed by atoms with Gasteiger partial charge in [-0.15, -0.1) is 0 Å². The van der Waals surface area contributed by atoms with E-state index < -0.39 is 0 Å². The van der Waals surface area contributed by atoms with Crippen LogP contribution in [0, 0.1) is 0 Å². The molecule has 0 saturated carbocycles. The first kappa shape index (κ1) is 11.2. The van der Waals surface area contributed by atoms with Crippen molar-refractivity contribution in [2.75, 3.05) is 13.7 Å². The summed E-state index contributed by atoms with van der Waals surface area (Å²) in [4.78, 5) is 2.39. The molecule has 0 radical (unpaired) electrons. The third-order valence-corrected chi connectivity index (χ3v) is 3.39. The fraction of sp³-hybridized carbons (Fsp3) is 0.455. The average molecular weight is 268 g/mol. The molecule has 0 bridgehead atoms. The van der Waals surface area contributed by atoms with Crippen LogP contribution in [0.3, 0.4) is 0 Å². The van der Waals surface area contributed by atoms with Crippen LogP contribution in [0.15, 0.2) is 28.7 Å². The molecule has 1 saturated heterocycles. The standard InChI is InChI=1S/C11H15BBrNO/c1-15-12-14-7-3-6-11(14)9-4-2-5-10(13)8-9/h2,4-5,8,11-12H,3,6-7H2,1H3. The van der Waals surface area contributed by atoms with Crippen LogP contribution in [0.25, 0.3) is 0 Å². The molecule has 4 heteroatoms. The fourth-order valence-electron chi connectivity index (χ4n) is 2.24. The number of nitrogens with zero attached hydrogens (tertiary/aromatic N) is 1. The lowest BCUT2D eigenvalue weighted by atomic mass is 10.0. The minimum Gasteiger partial charge on any atom is -0.427 e. The molecule has 2 nitrogen and oxygen atoms in total. The van der Waals surface area contributed by atoms with E-state index in [0.717, 1.165) is 18.6 Å². The summed E-state index contributed by atoms with van der Waals surface area (Å²) in [6.07, 6.45) is 2.50. The summed E-state index contributed by atoms with van der Waals surface area (Å²) >= 11 is 3.52. The molecule has 0 spiro atoms. The molecule has 1 atom stereocenters. The molecule has 1 aromatic carbocycles. The van der Waals surface area contributed by atoms with Gasteiger partial charge in [-0.05, 0) is 37.1 Å². The molecule has 1 heterocycles. The highest BCUT2D eigenvalue weighted by Crippen LogP contribution is 2.31. The second-order valence-electron chi connectivity index (χ2n) is 3.94. The van der Waals surface area contributed by atoms with Crippen LogP contribution in [-0.2, 0) is 4.65 Å². The van der Waals surface area contributed by atoms with Crippen molar-refractivity contribution in [2.45, 2.75) is 18.9 Å². The number of halogens is 1. The van der Waals surface area contributed by atoms with Gasteiger partial charge in [0.15, 0.2) is 0 Å². The third-order valence-electron chi connectivity index (χ3n) is 2.89. The lowest BCUT2D eigenvalue weighted by molar-refractivity contribution is 0.327. The first-order valence-electron chi connectivity index (χ1n) is 5.29.